The number of rotatable bonds is 7. The van der Waals surface area contributed by atoms with Crippen molar-refractivity contribution in [1.29, 1.82) is 0 Å². The molecule has 4 unspecified atom stereocenters. The largest absolute Gasteiger partial charge is 0.342 e. The molecule has 1 aromatic carbocycles. The van der Waals surface area contributed by atoms with Crippen LogP contribution in [0.15, 0.2) is 30.3 Å². The van der Waals surface area contributed by atoms with Crippen molar-refractivity contribution in [3.8, 4) is 0 Å². The van der Waals surface area contributed by atoms with Gasteiger partial charge >= 0.3 is 0 Å². The van der Waals surface area contributed by atoms with Crippen LogP contribution in [0.4, 0.5) is 0 Å². The predicted octanol–water partition coefficient (Wildman–Crippen LogP) is 3.47. The van der Waals surface area contributed by atoms with Crippen molar-refractivity contribution >= 4 is 11.8 Å². The first-order chi connectivity index (χ1) is 14.3. The highest BCUT2D eigenvalue weighted by Crippen LogP contribution is 2.34. The first-order valence-electron chi connectivity index (χ1n) is 11.7. The van der Waals surface area contributed by atoms with Crippen molar-refractivity contribution < 1.29 is 9.59 Å². The van der Waals surface area contributed by atoms with E-state index in [1.807, 2.05) is 41.8 Å². The van der Waals surface area contributed by atoms with Crippen molar-refractivity contribution in [1.82, 2.24) is 9.80 Å². The SMILES string of the molecule is CC(Cc1ccccc1)C(C(=O)N1CCCC1)C(C)C(C)(N)C(=O)N1CCCCC1. The maximum atomic E-state index is 13.6. The maximum absolute atomic E-state index is 13.6. The first kappa shape index (κ1) is 22.8. The van der Waals surface area contributed by atoms with Crippen LogP contribution in [0, 0.1) is 17.8 Å². The quantitative estimate of drug-likeness (QED) is 0.744. The molecule has 5 heteroatoms. The Morgan fingerprint density at radius 3 is 2.07 bits per heavy atom. The molecule has 2 aliphatic rings. The van der Waals surface area contributed by atoms with E-state index in [1.54, 1.807) is 0 Å². The molecule has 3 rings (SSSR count). The van der Waals surface area contributed by atoms with Gasteiger partial charge in [0.15, 0.2) is 0 Å². The van der Waals surface area contributed by atoms with Gasteiger partial charge in [0.2, 0.25) is 11.8 Å². The van der Waals surface area contributed by atoms with Gasteiger partial charge < -0.3 is 15.5 Å². The maximum Gasteiger partial charge on any atom is 0.242 e. The number of nitrogens with two attached hydrogens (primary N) is 1. The summed E-state index contributed by atoms with van der Waals surface area (Å²) in [5.41, 5.74) is 6.91. The molecular weight excluding hydrogens is 374 g/mol. The van der Waals surface area contributed by atoms with Gasteiger partial charge in [-0.05, 0) is 62.8 Å². The monoisotopic (exact) mass is 413 g/mol. The second kappa shape index (κ2) is 9.95. The fraction of sp³-hybridized carbons (Fsp3) is 0.680. The Kier molecular flexibility index (Phi) is 7.56. The number of nitrogens with zero attached hydrogens (tertiary/aromatic N) is 2. The molecule has 2 N–H and O–H groups in total. The van der Waals surface area contributed by atoms with E-state index in [1.165, 1.54) is 12.0 Å². The molecule has 2 aliphatic heterocycles. The minimum atomic E-state index is -1.05. The van der Waals surface area contributed by atoms with Crippen molar-refractivity contribution in [3.05, 3.63) is 35.9 Å². The molecule has 2 saturated heterocycles. The zero-order chi connectivity index (χ0) is 21.7. The van der Waals surface area contributed by atoms with Gasteiger partial charge in [0.1, 0.15) is 0 Å². The summed E-state index contributed by atoms with van der Waals surface area (Å²) in [6, 6.07) is 10.3. The number of hydrogen-bond acceptors (Lipinski definition) is 3. The van der Waals surface area contributed by atoms with Crippen LogP contribution >= 0.6 is 0 Å². The number of benzene rings is 1. The first-order valence-corrected chi connectivity index (χ1v) is 11.7. The third-order valence-electron chi connectivity index (χ3n) is 7.31. The van der Waals surface area contributed by atoms with Crippen LogP contribution in [0.2, 0.25) is 0 Å². The fourth-order valence-corrected chi connectivity index (χ4v) is 5.22. The van der Waals surface area contributed by atoms with E-state index >= 15 is 0 Å². The molecule has 0 aliphatic carbocycles. The standard InChI is InChI=1S/C25H39N3O2/c1-19(18-21-12-6-4-7-13-21)22(23(29)27-14-10-11-15-27)20(2)25(3,26)24(30)28-16-8-5-9-17-28/h4,6-7,12-13,19-20,22H,5,8-11,14-18,26H2,1-3H3. The minimum Gasteiger partial charge on any atom is -0.342 e. The van der Waals surface area contributed by atoms with Gasteiger partial charge in [-0.3, -0.25) is 9.59 Å². The lowest BCUT2D eigenvalue weighted by Gasteiger charge is -2.42. The normalized spacial score (nSPS) is 22.3. The van der Waals surface area contributed by atoms with Gasteiger partial charge in [-0.25, -0.2) is 0 Å². The summed E-state index contributed by atoms with van der Waals surface area (Å²) in [7, 11) is 0. The molecule has 2 heterocycles. The molecule has 0 bridgehead atoms. The smallest absolute Gasteiger partial charge is 0.242 e. The van der Waals surface area contributed by atoms with Gasteiger partial charge in [0.05, 0.1) is 5.54 Å². The van der Waals surface area contributed by atoms with Gasteiger partial charge in [-0.15, -0.1) is 0 Å². The molecule has 0 aromatic heterocycles. The number of hydrogen-bond donors (Lipinski definition) is 1. The summed E-state index contributed by atoms with van der Waals surface area (Å²) in [6.07, 6.45) is 6.18. The molecule has 0 radical (unpaired) electrons. The van der Waals surface area contributed by atoms with E-state index in [9.17, 15) is 9.59 Å². The van der Waals surface area contributed by atoms with E-state index in [2.05, 4.69) is 19.1 Å². The highest BCUT2D eigenvalue weighted by molar-refractivity contribution is 5.88. The Morgan fingerprint density at radius 1 is 0.933 bits per heavy atom. The molecule has 2 amide bonds. The third kappa shape index (κ3) is 5.05. The lowest BCUT2D eigenvalue weighted by molar-refractivity contribution is -0.145. The molecule has 0 saturated carbocycles. The Morgan fingerprint density at radius 2 is 1.47 bits per heavy atom. The van der Waals surface area contributed by atoms with Crippen molar-refractivity contribution in [2.45, 2.75) is 64.8 Å². The van der Waals surface area contributed by atoms with Crippen LogP contribution < -0.4 is 5.73 Å². The second-order valence-corrected chi connectivity index (χ2v) is 9.65. The number of likely N-dealkylation sites (tertiary alicyclic amines) is 2. The van der Waals surface area contributed by atoms with Crippen LogP contribution in [-0.4, -0.2) is 53.3 Å². The van der Waals surface area contributed by atoms with Gasteiger partial charge in [0, 0.05) is 32.1 Å². The van der Waals surface area contributed by atoms with Crippen molar-refractivity contribution in [2.75, 3.05) is 26.2 Å². The van der Waals surface area contributed by atoms with Crippen LogP contribution in [0.5, 0.6) is 0 Å². The third-order valence-corrected chi connectivity index (χ3v) is 7.31. The van der Waals surface area contributed by atoms with Crippen LogP contribution in [0.3, 0.4) is 0 Å². The Balaban J connectivity index is 1.83. The highest BCUT2D eigenvalue weighted by atomic mass is 16.2. The fourth-order valence-electron chi connectivity index (χ4n) is 5.22. The summed E-state index contributed by atoms with van der Waals surface area (Å²) < 4.78 is 0. The molecule has 0 spiro atoms. The molecular formula is C25H39N3O2. The van der Waals surface area contributed by atoms with Gasteiger partial charge in [-0.2, -0.15) is 0 Å². The molecule has 166 valence electrons. The Hall–Kier alpha value is -1.88. The lowest BCUT2D eigenvalue weighted by atomic mass is 9.70. The summed E-state index contributed by atoms with van der Waals surface area (Å²) >= 11 is 0. The average molecular weight is 414 g/mol. The van der Waals surface area contributed by atoms with E-state index in [-0.39, 0.29) is 29.6 Å². The number of amides is 2. The van der Waals surface area contributed by atoms with Crippen LogP contribution in [0.25, 0.3) is 0 Å². The Labute approximate surface area is 182 Å². The van der Waals surface area contributed by atoms with Gasteiger partial charge in [-0.1, -0.05) is 44.2 Å². The minimum absolute atomic E-state index is 0.000771. The summed E-state index contributed by atoms with van der Waals surface area (Å²) in [4.78, 5) is 30.9. The second-order valence-electron chi connectivity index (χ2n) is 9.65. The lowest BCUT2D eigenvalue weighted by Crippen LogP contribution is -2.61. The van der Waals surface area contributed by atoms with E-state index < -0.39 is 5.54 Å². The summed E-state index contributed by atoms with van der Waals surface area (Å²) in [5.74, 6) is -0.231. The van der Waals surface area contributed by atoms with Crippen molar-refractivity contribution in [2.24, 2.45) is 23.5 Å². The zero-order valence-electron chi connectivity index (χ0n) is 19.0. The predicted molar refractivity (Wildman–Crippen MR) is 121 cm³/mol. The topological polar surface area (TPSA) is 66.6 Å². The zero-order valence-corrected chi connectivity index (χ0v) is 19.0. The van der Waals surface area contributed by atoms with E-state index in [0.717, 1.165) is 58.3 Å². The van der Waals surface area contributed by atoms with Crippen LogP contribution in [-0.2, 0) is 16.0 Å². The van der Waals surface area contributed by atoms with Gasteiger partial charge in [0.25, 0.3) is 0 Å². The number of carbonyl (C=O) groups excluding carboxylic acids is 2. The Bertz CT molecular complexity index is 706. The average Bonchev–Trinajstić information content (AvgIpc) is 3.29. The molecule has 2 fully saturated rings. The molecule has 30 heavy (non-hydrogen) atoms. The van der Waals surface area contributed by atoms with E-state index in [4.69, 9.17) is 5.73 Å². The molecule has 4 atom stereocenters. The summed E-state index contributed by atoms with van der Waals surface area (Å²) in [6.45, 7) is 9.20. The number of piperidine rings is 1. The molecule has 1 aromatic rings. The molecule has 5 nitrogen and oxygen atoms in total. The highest BCUT2D eigenvalue weighted by Gasteiger charge is 2.46. The van der Waals surface area contributed by atoms with Crippen molar-refractivity contribution in [3.63, 3.8) is 0 Å². The number of carbonyl (C=O) groups is 2. The van der Waals surface area contributed by atoms with Crippen LogP contribution in [0.1, 0.15) is 58.4 Å². The summed E-state index contributed by atoms with van der Waals surface area (Å²) in [5, 5.41) is 0. The van der Waals surface area contributed by atoms with E-state index in [0.29, 0.717) is 0 Å².